The van der Waals surface area contributed by atoms with Gasteiger partial charge in [0.1, 0.15) is 0 Å². The summed E-state index contributed by atoms with van der Waals surface area (Å²) >= 11 is 3.22. The zero-order chi connectivity index (χ0) is 15.9. The predicted molar refractivity (Wildman–Crippen MR) is 93.5 cm³/mol. The van der Waals surface area contributed by atoms with Gasteiger partial charge in [0.15, 0.2) is 0 Å². The van der Waals surface area contributed by atoms with E-state index in [4.69, 9.17) is 0 Å². The largest absolute Gasteiger partial charge is 0.387 e. The van der Waals surface area contributed by atoms with E-state index in [-0.39, 0.29) is 12.5 Å². The Morgan fingerprint density at radius 1 is 1.32 bits per heavy atom. The molecule has 0 aliphatic carbocycles. The van der Waals surface area contributed by atoms with Gasteiger partial charge in [-0.2, -0.15) is 11.3 Å². The van der Waals surface area contributed by atoms with Gasteiger partial charge < -0.3 is 10.4 Å². The monoisotopic (exact) mass is 335 g/mol. The summed E-state index contributed by atoms with van der Waals surface area (Å²) in [5.41, 5.74) is 3.41. The molecule has 2 aromatic rings. The van der Waals surface area contributed by atoms with Crippen LogP contribution in [0.5, 0.6) is 0 Å². The van der Waals surface area contributed by atoms with Gasteiger partial charge >= 0.3 is 0 Å². The normalized spacial score (nSPS) is 12.1. The van der Waals surface area contributed by atoms with Crippen LogP contribution in [0.15, 0.2) is 39.9 Å². The van der Waals surface area contributed by atoms with E-state index in [9.17, 15) is 9.90 Å². The highest BCUT2D eigenvalue weighted by molar-refractivity contribution is 7.99. The molecule has 0 bridgehead atoms. The van der Waals surface area contributed by atoms with Gasteiger partial charge in [-0.3, -0.25) is 4.79 Å². The van der Waals surface area contributed by atoms with Crippen molar-refractivity contribution >= 4 is 29.0 Å². The van der Waals surface area contributed by atoms with Gasteiger partial charge in [-0.05, 0) is 59.5 Å². The molecule has 2 N–H and O–H groups in total. The molecule has 1 unspecified atom stereocenters. The number of carbonyl (C=O) groups is 1. The maximum atomic E-state index is 11.8. The highest BCUT2D eigenvalue weighted by Crippen LogP contribution is 2.21. The number of amides is 1. The molecule has 0 aliphatic heterocycles. The zero-order valence-electron chi connectivity index (χ0n) is 12.8. The van der Waals surface area contributed by atoms with Gasteiger partial charge in [0.25, 0.3) is 0 Å². The van der Waals surface area contributed by atoms with Gasteiger partial charge in [-0.15, -0.1) is 11.8 Å². The van der Waals surface area contributed by atoms with E-state index in [2.05, 4.69) is 37.4 Å². The summed E-state index contributed by atoms with van der Waals surface area (Å²) in [4.78, 5) is 13.0. The highest BCUT2D eigenvalue weighted by atomic mass is 32.2. The summed E-state index contributed by atoms with van der Waals surface area (Å²) < 4.78 is 0. The molecule has 0 spiro atoms. The minimum Gasteiger partial charge on any atom is -0.387 e. The molecule has 22 heavy (non-hydrogen) atoms. The van der Waals surface area contributed by atoms with Crippen molar-refractivity contribution in [2.75, 3.05) is 12.3 Å². The summed E-state index contributed by atoms with van der Waals surface area (Å²) in [6, 6.07) is 8.22. The summed E-state index contributed by atoms with van der Waals surface area (Å²) in [6.07, 6.45) is -0.170. The van der Waals surface area contributed by atoms with E-state index in [1.807, 2.05) is 16.8 Å². The van der Waals surface area contributed by atoms with Crippen molar-refractivity contribution in [2.45, 2.75) is 31.3 Å². The molecule has 0 aliphatic rings. The van der Waals surface area contributed by atoms with Crippen molar-refractivity contribution in [3.05, 3.63) is 51.7 Å². The number of carbonyl (C=O) groups excluding carboxylic acids is 1. The zero-order valence-corrected chi connectivity index (χ0v) is 14.5. The number of nitrogens with one attached hydrogen (secondary N) is 1. The van der Waals surface area contributed by atoms with Crippen LogP contribution in [0, 0.1) is 13.8 Å². The molecular weight excluding hydrogens is 314 g/mol. The summed E-state index contributed by atoms with van der Waals surface area (Å²) in [5.74, 6) is 0.716. The lowest BCUT2D eigenvalue weighted by Crippen LogP contribution is -2.28. The topological polar surface area (TPSA) is 49.3 Å². The molecule has 3 nitrogen and oxygen atoms in total. The quantitative estimate of drug-likeness (QED) is 0.759. The van der Waals surface area contributed by atoms with Crippen LogP contribution in [0.3, 0.4) is 0 Å². The van der Waals surface area contributed by atoms with Crippen molar-refractivity contribution in [2.24, 2.45) is 0 Å². The molecule has 1 amide bonds. The third-order valence-corrected chi connectivity index (χ3v) is 5.19. The van der Waals surface area contributed by atoms with E-state index in [0.29, 0.717) is 6.42 Å². The van der Waals surface area contributed by atoms with Crippen molar-refractivity contribution < 1.29 is 9.90 Å². The number of aliphatic hydroxyl groups is 1. The van der Waals surface area contributed by atoms with Crippen LogP contribution in [-0.4, -0.2) is 23.3 Å². The number of hydrogen-bond acceptors (Lipinski definition) is 4. The maximum absolute atomic E-state index is 11.8. The first-order chi connectivity index (χ1) is 10.6. The second-order valence-electron chi connectivity index (χ2n) is 5.22. The first kappa shape index (κ1) is 17.1. The van der Waals surface area contributed by atoms with Gasteiger partial charge in [-0.25, -0.2) is 0 Å². The second-order valence-corrected chi connectivity index (χ2v) is 7.17. The Bertz CT molecular complexity index is 611. The van der Waals surface area contributed by atoms with Gasteiger partial charge in [0.05, 0.1) is 6.10 Å². The fourth-order valence-corrected chi connectivity index (χ4v) is 3.60. The van der Waals surface area contributed by atoms with Crippen LogP contribution in [0.1, 0.15) is 29.2 Å². The number of thioether (sulfide) groups is 1. The van der Waals surface area contributed by atoms with Crippen molar-refractivity contribution in [3.63, 3.8) is 0 Å². The molecule has 0 saturated heterocycles. The molecule has 0 radical (unpaired) electrons. The number of aryl methyl sites for hydroxylation is 2. The van der Waals surface area contributed by atoms with Gasteiger partial charge in [-0.1, -0.05) is 6.07 Å². The fraction of sp³-hybridized carbons (Fsp3) is 0.353. The Labute approximate surface area is 139 Å². The molecule has 1 aromatic carbocycles. The van der Waals surface area contributed by atoms with Crippen LogP contribution in [0.25, 0.3) is 0 Å². The third-order valence-electron chi connectivity index (χ3n) is 3.50. The molecule has 5 heteroatoms. The van der Waals surface area contributed by atoms with E-state index in [1.165, 1.54) is 27.4 Å². The number of aliphatic hydroxyl groups excluding tert-OH is 1. The summed E-state index contributed by atoms with van der Waals surface area (Å²) in [7, 11) is 0. The SMILES string of the molecule is Cc1ccc(SCCC(=O)NCC(O)c2ccsc2)cc1C. The third kappa shape index (κ3) is 5.16. The number of rotatable bonds is 7. The molecule has 2 rings (SSSR count). The van der Waals surface area contributed by atoms with Crippen LogP contribution >= 0.6 is 23.1 Å². The minimum atomic E-state index is -0.623. The average molecular weight is 335 g/mol. The van der Waals surface area contributed by atoms with Crippen molar-refractivity contribution in [1.82, 2.24) is 5.32 Å². The molecule has 1 heterocycles. The predicted octanol–water partition coefficient (Wildman–Crippen LogP) is 3.70. The molecule has 0 saturated carbocycles. The summed E-state index contributed by atoms with van der Waals surface area (Å²) in [6.45, 7) is 4.46. The average Bonchev–Trinajstić information content (AvgIpc) is 3.03. The van der Waals surface area contributed by atoms with E-state index in [1.54, 1.807) is 11.8 Å². The summed E-state index contributed by atoms with van der Waals surface area (Å²) in [5, 5.41) is 16.5. The van der Waals surface area contributed by atoms with Crippen LogP contribution in [-0.2, 0) is 4.79 Å². The Kier molecular flexibility index (Phi) is 6.49. The maximum Gasteiger partial charge on any atom is 0.220 e. The molecular formula is C17H21NO2S2. The Hall–Kier alpha value is -1.30. The lowest BCUT2D eigenvalue weighted by Gasteiger charge is -2.10. The lowest BCUT2D eigenvalue weighted by atomic mass is 10.1. The Morgan fingerprint density at radius 2 is 2.14 bits per heavy atom. The molecule has 0 fully saturated rings. The van der Waals surface area contributed by atoms with Crippen molar-refractivity contribution in [1.29, 1.82) is 0 Å². The van der Waals surface area contributed by atoms with Gasteiger partial charge in [0, 0.05) is 23.6 Å². The Balaban J connectivity index is 1.68. The van der Waals surface area contributed by atoms with E-state index in [0.717, 1.165) is 11.3 Å². The number of benzene rings is 1. The van der Waals surface area contributed by atoms with Crippen LogP contribution in [0.4, 0.5) is 0 Å². The van der Waals surface area contributed by atoms with E-state index >= 15 is 0 Å². The fourth-order valence-electron chi connectivity index (χ4n) is 1.95. The Morgan fingerprint density at radius 3 is 2.82 bits per heavy atom. The van der Waals surface area contributed by atoms with E-state index < -0.39 is 6.10 Å². The lowest BCUT2D eigenvalue weighted by molar-refractivity contribution is -0.121. The van der Waals surface area contributed by atoms with Crippen LogP contribution in [0.2, 0.25) is 0 Å². The smallest absolute Gasteiger partial charge is 0.220 e. The minimum absolute atomic E-state index is 0.0226. The first-order valence-electron chi connectivity index (χ1n) is 7.23. The highest BCUT2D eigenvalue weighted by Gasteiger charge is 2.09. The first-order valence-corrected chi connectivity index (χ1v) is 9.16. The second kappa shape index (κ2) is 8.36. The number of hydrogen-bond donors (Lipinski definition) is 2. The van der Waals surface area contributed by atoms with Gasteiger partial charge in [0.2, 0.25) is 5.91 Å². The molecule has 118 valence electrons. The molecule has 1 aromatic heterocycles. The standard InChI is InChI=1S/C17H21NO2S2/c1-12-3-4-15(9-13(12)2)22-8-6-17(20)18-10-16(19)14-5-7-21-11-14/h3-5,7,9,11,16,19H,6,8,10H2,1-2H3,(H,18,20). The van der Waals surface area contributed by atoms with Crippen LogP contribution < -0.4 is 5.32 Å². The molecule has 1 atom stereocenters. The number of thiophene rings is 1. The van der Waals surface area contributed by atoms with Crippen molar-refractivity contribution in [3.8, 4) is 0 Å².